The van der Waals surface area contributed by atoms with Gasteiger partial charge in [-0.3, -0.25) is 10.1 Å². The molecule has 4 nitrogen and oxygen atoms in total. The minimum Gasteiger partial charge on any atom is -0.382 e. The third-order valence-electron chi connectivity index (χ3n) is 2.61. The molecular formula is C12H8Br2N4S. The molecule has 0 amide bonds. The second-order valence-electron chi connectivity index (χ2n) is 3.81. The summed E-state index contributed by atoms with van der Waals surface area (Å²) in [7, 11) is 0. The summed E-state index contributed by atoms with van der Waals surface area (Å²) in [6.45, 7) is 0. The first-order chi connectivity index (χ1) is 9.16. The first-order valence-corrected chi connectivity index (χ1v) is 7.77. The van der Waals surface area contributed by atoms with Crippen LogP contribution in [0.4, 0.5) is 5.82 Å². The maximum absolute atomic E-state index is 5.95. The van der Waals surface area contributed by atoms with Crippen LogP contribution in [0.15, 0.2) is 38.7 Å². The van der Waals surface area contributed by atoms with Crippen LogP contribution in [0.2, 0.25) is 0 Å². The first-order valence-electron chi connectivity index (χ1n) is 5.37. The van der Waals surface area contributed by atoms with Gasteiger partial charge >= 0.3 is 0 Å². The first kappa shape index (κ1) is 12.8. The van der Waals surface area contributed by atoms with E-state index in [1.54, 1.807) is 17.5 Å². The Morgan fingerprint density at radius 2 is 2.11 bits per heavy atom. The molecule has 0 radical (unpaired) electrons. The number of hydrogen-bond donors (Lipinski definition) is 2. The van der Waals surface area contributed by atoms with Gasteiger partial charge in [-0.15, -0.1) is 11.3 Å². The number of halogens is 2. The van der Waals surface area contributed by atoms with E-state index in [9.17, 15) is 0 Å². The largest absolute Gasteiger partial charge is 0.382 e. The number of thiophene rings is 1. The summed E-state index contributed by atoms with van der Waals surface area (Å²) in [5.74, 6) is 0.453. The van der Waals surface area contributed by atoms with E-state index >= 15 is 0 Å². The fourth-order valence-electron chi connectivity index (χ4n) is 1.77. The van der Waals surface area contributed by atoms with Crippen molar-refractivity contribution in [2.45, 2.75) is 0 Å². The van der Waals surface area contributed by atoms with Crippen LogP contribution in [0.1, 0.15) is 0 Å². The van der Waals surface area contributed by atoms with Gasteiger partial charge in [0.2, 0.25) is 0 Å². The summed E-state index contributed by atoms with van der Waals surface area (Å²) < 4.78 is 2.04. The van der Waals surface area contributed by atoms with Crippen LogP contribution < -0.4 is 5.73 Å². The summed E-state index contributed by atoms with van der Waals surface area (Å²) in [6, 6.07) is 7.74. The molecule has 3 heterocycles. The molecule has 0 saturated carbocycles. The van der Waals surface area contributed by atoms with Crippen LogP contribution in [-0.4, -0.2) is 15.2 Å². The highest BCUT2D eigenvalue weighted by molar-refractivity contribution is 9.13. The van der Waals surface area contributed by atoms with Crippen LogP contribution in [0.25, 0.3) is 21.8 Å². The summed E-state index contributed by atoms with van der Waals surface area (Å²) in [5.41, 5.74) is 8.48. The normalized spacial score (nSPS) is 10.8. The highest BCUT2D eigenvalue weighted by atomic mass is 79.9. The molecule has 19 heavy (non-hydrogen) atoms. The van der Waals surface area contributed by atoms with Crippen molar-refractivity contribution >= 4 is 49.0 Å². The molecular weight excluding hydrogens is 392 g/mol. The zero-order chi connectivity index (χ0) is 13.4. The monoisotopic (exact) mass is 398 g/mol. The second kappa shape index (κ2) is 5.07. The molecule has 0 spiro atoms. The van der Waals surface area contributed by atoms with E-state index in [0.717, 1.165) is 30.1 Å². The van der Waals surface area contributed by atoms with E-state index in [4.69, 9.17) is 5.73 Å². The van der Waals surface area contributed by atoms with E-state index in [1.807, 2.05) is 24.3 Å². The minimum atomic E-state index is 0.453. The average Bonchev–Trinajstić information content (AvgIpc) is 2.95. The molecule has 0 aliphatic rings. The van der Waals surface area contributed by atoms with Gasteiger partial charge < -0.3 is 5.73 Å². The van der Waals surface area contributed by atoms with Crippen molar-refractivity contribution in [3.8, 4) is 21.8 Å². The van der Waals surface area contributed by atoms with Gasteiger partial charge in [0, 0.05) is 10.7 Å². The molecule has 0 aliphatic heterocycles. The van der Waals surface area contributed by atoms with Gasteiger partial charge in [0.05, 0.1) is 25.6 Å². The van der Waals surface area contributed by atoms with Gasteiger partial charge in [-0.25, -0.2) is 0 Å². The fraction of sp³-hybridized carbons (Fsp3) is 0. The lowest BCUT2D eigenvalue weighted by molar-refractivity contribution is 1.11. The summed E-state index contributed by atoms with van der Waals surface area (Å²) in [4.78, 5) is 5.38. The summed E-state index contributed by atoms with van der Waals surface area (Å²) in [6.07, 6.45) is 1.74. The maximum Gasteiger partial charge on any atom is 0.155 e. The standard InChI is InChI=1S/C12H8Br2N4S/c13-6-5-8(19-11(6)14)10-9(12(15)18-17-10)7-3-1-2-4-16-7/h1-5H,(H3,15,17,18). The van der Waals surface area contributed by atoms with Crippen molar-refractivity contribution in [3.63, 3.8) is 0 Å². The molecule has 3 rings (SSSR count). The molecule has 3 aromatic rings. The number of H-pyrrole nitrogens is 1. The highest BCUT2D eigenvalue weighted by Gasteiger charge is 2.18. The van der Waals surface area contributed by atoms with Crippen molar-refractivity contribution in [2.75, 3.05) is 5.73 Å². The van der Waals surface area contributed by atoms with Gasteiger partial charge in [0.25, 0.3) is 0 Å². The van der Waals surface area contributed by atoms with Crippen LogP contribution in [0, 0.1) is 0 Å². The average molecular weight is 400 g/mol. The zero-order valence-electron chi connectivity index (χ0n) is 9.52. The molecule has 0 fully saturated rings. The van der Waals surface area contributed by atoms with Gasteiger partial charge in [0.1, 0.15) is 0 Å². The highest BCUT2D eigenvalue weighted by Crippen LogP contribution is 2.42. The SMILES string of the molecule is Nc1n[nH]c(-c2cc(Br)c(Br)s2)c1-c1ccccn1. The Morgan fingerprint density at radius 1 is 1.26 bits per heavy atom. The van der Waals surface area contributed by atoms with Crippen molar-refractivity contribution in [2.24, 2.45) is 0 Å². The lowest BCUT2D eigenvalue weighted by Gasteiger charge is -2.01. The van der Waals surface area contributed by atoms with Crippen LogP contribution in [0.3, 0.4) is 0 Å². The number of aromatic nitrogens is 3. The molecule has 3 N–H and O–H groups in total. The summed E-state index contributed by atoms with van der Waals surface area (Å²) >= 11 is 8.58. The Kier molecular flexibility index (Phi) is 3.42. The van der Waals surface area contributed by atoms with Crippen LogP contribution >= 0.6 is 43.2 Å². The summed E-state index contributed by atoms with van der Waals surface area (Å²) in [5, 5.41) is 7.08. The smallest absolute Gasteiger partial charge is 0.155 e. The van der Waals surface area contributed by atoms with E-state index < -0.39 is 0 Å². The van der Waals surface area contributed by atoms with E-state index in [2.05, 4.69) is 47.0 Å². The Bertz CT molecular complexity index is 701. The third-order valence-corrected chi connectivity index (χ3v) is 5.88. The van der Waals surface area contributed by atoms with Crippen LogP contribution in [0.5, 0.6) is 0 Å². The molecule has 3 aromatic heterocycles. The van der Waals surface area contributed by atoms with Crippen molar-refractivity contribution in [3.05, 3.63) is 38.7 Å². The molecule has 0 unspecified atom stereocenters. The lowest BCUT2D eigenvalue weighted by atomic mass is 10.1. The second-order valence-corrected chi connectivity index (χ2v) is 7.03. The van der Waals surface area contributed by atoms with Gasteiger partial charge in [-0.2, -0.15) is 5.10 Å². The Labute approximate surface area is 130 Å². The molecule has 0 atom stereocenters. The van der Waals surface area contributed by atoms with Gasteiger partial charge in [0.15, 0.2) is 5.82 Å². The van der Waals surface area contributed by atoms with Gasteiger partial charge in [-0.1, -0.05) is 6.07 Å². The quantitative estimate of drug-likeness (QED) is 0.674. The minimum absolute atomic E-state index is 0.453. The molecule has 96 valence electrons. The zero-order valence-corrected chi connectivity index (χ0v) is 13.5. The number of rotatable bonds is 2. The number of hydrogen-bond acceptors (Lipinski definition) is 4. The van der Waals surface area contributed by atoms with E-state index in [0.29, 0.717) is 5.82 Å². The van der Waals surface area contributed by atoms with Crippen molar-refractivity contribution < 1.29 is 0 Å². The topological polar surface area (TPSA) is 67.6 Å². The molecule has 7 heteroatoms. The van der Waals surface area contributed by atoms with Gasteiger partial charge in [-0.05, 0) is 50.1 Å². The van der Waals surface area contributed by atoms with Crippen molar-refractivity contribution in [1.82, 2.24) is 15.2 Å². The maximum atomic E-state index is 5.95. The number of nitrogens with two attached hydrogens (primary N) is 1. The number of anilines is 1. The number of nitrogens with one attached hydrogen (secondary N) is 1. The number of nitrogens with zero attached hydrogens (tertiary/aromatic N) is 2. The number of nitrogen functional groups attached to an aromatic ring is 1. The molecule has 0 saturated heterocycles. The predicted molar refractivity (Wildman–Crippen MR) is 84.9 cm³/mol. The Morgan fingerprint density at radius 3 is 2.74 bits per heavy atom. The Hall–Kier alpha value is -1.18. The molecule has 0 bridgehead atoms. The number of aromatic amines is 1. The van der Waals surface area contributed by atoms with E-state index in [-0.39, 0.29) is 0 Å². The Balaban J connectivity index is 2.19. The lowest BCUT2D eigenvalue weighted by Crippen LogP contribution is -1.90. The van der Waals surface area contributed by atoms with Crippen LogP contribution in [-0.2, 0) is 0 Å². The molecule has 0 aromatic carbocycles. The van der Waals surface area contributed by atoms with E-state index in [1.165, 1.54) is 0 Å². The third kappa shape index (κ3) is 2.33. The fourth-order valence-corrected chi connectivity index (χ4v) is 3.81. The number of pyridine rings is 1. The predicted octanol–water partition coefficient (Wildman–Crippen LogP) is 4.31. The van der Waals surface area contributed by atoms with Crippen molar-refractivity contribution in [1.29, 1.82) is 0 Å². The molecule has 0 aliphatic carbocycles.